The third-order valence-corrected chi connectivity index (χ3v) is 4.54. The van der Waals surface area contributed by atoms with Gasteiger partial charge in [-0.25, -0.2) is 4.79 Å². The Bertz CT molecular complexity index is 510. The number of alkyl carbamates (subject to hydrolysis) is 1. The molecule has 1 heterocycles. The summed E-state index contributed by atoms with van der Waals surface area (Å²) in [4.78, 5) is 14.4. The molecule has 128 valence electrons. The molecule has 1 unspecified atom stereocenters. The molecule has 1 aliphatic rings. The lowest BCUT2D eigenvalue weighted by Gasteiger charge is -2.27. The van der Waals surface area contributed by atoms with E-state index in [1.54, 1.807) is 0 Å². The van der Waals surface area contributed by atoms with Crippen molar-refractivity contribution in [1.29, 1.82) is 0 Å². The highest BCUT2D eigenvalue weighted by molar-refractivity contribution is 5.68. The molecule has 0 saturated carbocycles. The van der Waals surface area contributed by atoms with Crippen LogP contribution >= 0.6 is 0 Å². The van der Waals surface area contributed by atoms with Gasteiger partial charge >= 0.3 is 6.09 Å². The second-order valence-corrected chi connectivity index (χ2v) is 7.57. The molecule has 1 aliphatic heterocycles. The number of hydrogen-bond acceptors (Lipinski definition) is 3. The average Bonchev–Trinajstić information content (AvgIpc) is 2.95. The van der Waals surface area contributed by atoms with Crippen molar-refractivity contribution in [2.75, 3.05) is 13.1 Å². The van der Waals surface area contributed by atoms with E-state index in [-0.39, 0.29) is 12.1 Å². The highest BCUT2D eigenvalue weighted by Gasteiger charge is 2.31. The van der Waals surface area contributed by atoms with Gasteiger partial charge in [-0.3, -0.25) is 4.90 Å². The van der Waals surface area contributed by atoms with Gasteiger partial charge in [0.25, 0.3) is 0 Å². The minimum atomic E-state index is -0.451. The Kier molecular flexibility index (Phi) is 5.69. The van der Waals surface area contributed by atoms with Crippen molar-refractivity contribution in [3.05, 3.63) is 35.9 Å². The number of likely N-dealkylation sites (tertiary alicyclic amines) is 1. The molecular weight excluding hydrogens is 288 g/mol. The van der Waals surface area contributed by atoms with E-state index in [1.807, 2.05) is 20.8 Å². The van der Waals surface area contributed by atoms with Crippen molar-refractivity contribution >= 4 is 6.09 Å². The number of amides is 1. The van der Waals surface area contributed by atoms with Crippen molar-refractivity contribution in [1.82, 2.24) is 10.2 Å². The molecule has 0 radical (unpaired) electrons. The van der Waals surface area contributed by atoms with Crippen molar-refractivity contribution in [2.24, 2.45) is 5.92 Å². The summed E-state index contributed by atoms with van der Waals surface area (Å²) in [5, 5.41) is 2.99. The SMILES string of the molecule is C[C@H](NC(=O)OC(C)(C)C)C1CCN([C@@H](C)c2ccccc2)C1. The summed E-state index contributed by atoms with van der Waals surface area (Å²) in [6.45, 7) is 12.1. The standard InChI is InChI=1S/C19H30N2O2/c1-14(20-18(22)23-19(3,4)5)17-11-12-21(13-17)15(2)16-9-7-6-8-10-16/h6-10,14-15,17H,11-13H2,1-5H3,(H,20,22)/t14-,15-,17?/m0/s1. The molecule has 2 rings (SSSR count). The maximum atomic E-state index is 11.9. The number of nitrogens with zero attached hydrogens (tertiary/aromatic N) is 1. The molecule has 0 aromatic heterocycles. The molecule has 23 heavy (non-hydrogen) atoms. The molecule has 0 spiro atoms. The maximum Gasteiger partial charge on any atom is 0.407 e. The summed E-state index contributed by atoms with van der Waals surface area (Å²) in [5.74, 6) is 0.466. The maximum absolute atomic E-state index is 11.9. The minimum absolute atomic E-state index is 0.123. The summed E-state index contributed by atoms with van der Waals surface area (Å²) < 4.78 is 5.35. The van der Waals surface area contributed by atoms with Crippen LogP contribution in [-0.4, -0.2) is 35.7 Å². The Morgan fingerprint density at radius 2 is 1.91 bits per heavy atom. The molecule has 1 aromatic carbocycles. The smallest absolute Gasteiger partial charge is 0.407 e. The summed E-state index contributed by atoms with van der Waals surface area (Å²) >= 11 is 0. The number of carbonyl (C=O) groups excluding carboxylic acids is 1. The van der Waals surface area contributed by atoms with Crippen LogP contribution in [0.15, 0.2) is 30.3 Å². The van der Waals surface area contributed by atoms with Gasteiger partial charge in [0.05, 0.1) is 0 Å². The zero-order valence-electron chi connectivity index (χ0n) is 15.0. The van der Waals surface area contributed by atoms with Crippen LogP contribution in [0.4, 0.5) is 4.79 Å². The molecule has 3 atom stereocenters. The zero-order chi connectivity index (χ0) is 17.0. The van der Waals surface area contributed by atoms with E-state index in [0.717, 1.165) is 19.5 Å². The van der Waals surface area contributed by atoms with Crippen molar-refractivity contribution in [3.8, 4) is 0 Å². The fraction of sp³-hybridized carbons (Fsp3) is 0.632. The summed E-state index contributed by atoms with van der Waals surface area (Å²) in [5.41, 5.74) is 0.897. The first-order valence-corrected chi connectivity index (χ1v) is 8.55. The Balaban J connectivity index is 1.86. The molecule has 0 bridgehead atoms. The lowest BCUT2D eigenvalue weighted by Crippen LogP contribution is -2.42. The number of ether oxygens (including phenoxy) is 1. The molecule has 4 nitrogen and oxygen atoms in total. The highest BCUT2D eigenvalue weighted by atomic mass is 16.6. The predicted molar refractivity (Wildman–Crippen MR) is 93.4 cm³/mol. The number of benzene rings is 1. The van der Waals surface area contributed by atoms with E-state index < -0.39 is 5.60 Å². The highest BCUT2D eigenvalue weighted by Crippen LogP contribution is 2.28. The molecule has 1 fully saturated rings. The molecule has 0 aliphatic carbocycles. The molecule has 1 saturated heterocycles. The fourth-order valence-electron chi connectivity index (χ4n) is 3.13. The third-order valence-electron chi connectivity index (χ3n) is 4.54. The third kappa shape index (κ3) is 5.24. The van der Waals surface area contributed by atoms with Crippen LogP contribution in [0, 0.1) is 5.92 Å². The Morgan fingerprint density at radius 1 is 1.26 bits per heavy atom. The van der Waals surface area contributed by atoms with E-state index in [4.69, 9.17) is 4.74 Å². The largest absolute Gasteiger partial charge is 0.444 e. The monoisotopic (exact) mass is 318 g/mol. The predicted octanol–water partition coefficient (Wildman–Crippen LogP) is 3.98. The number of carbonyl (C=O) groups is 1. The van der Waals surface area contributed by atoms with Gasteiger partial charge in [-0.1, -0.05) is 30.3 Å². The summed E-state index contributed by atoms with van der Waals surface area (Å²) in [6.07, 6.45) is 0.785. The lowest BCUT2D eigenvalue weighted by molar-refractivity contribution is 0.0492. The van der Waals surface area contributed by atoms with Gasteiger partial charge in [-0.2, -0.15) is 0 Å². The van der Waals surface area contributed by atoms with Crippen molar-refractivity contribution in [3.63, 3.8) is 0 Å². The van der Waals surface area contributed by atoms with Crippen LogP contribution < -0.4 is 5.32 Å². The number of rotatable bonds is 4. The van der Waals surface area contributed by atoms with Crippen LogP contribution in [0.25, 0.3) is 0 Å². The van der Waals surface area contributed by atoms with Gasteiger partial charge in [0.1, 0.15) is 5.60 Å². The van der Waals surface area contributed by atoms with E-state index in [2.05, 4.69) is 54.4 Å². The van der Waals surface area contributed by atoms with E-state index in [0.29, 0.717) is 12.0 Å². The van der Waals surface area contributed by atoms with E-state index in [1.165, 1.54) is 5.56 Å². The first-order chi connectivity index (χ1) is 10.8. The van der Waals surface area contributed by atoms with Crippen LogP contribution in [0.2, 0.25) is 0 Å². The van der Waals surface area contributed by atoms with Crippen molar-refractivity contribution < 1.29 is 9.53 Å². The van der Waals surface area contributed by atoms with Crippen LogP contribution in [0.5, 0.6) is 0 Å². The lowest BCUT2D eigenvalue weighted by atomic mass is 10.0. The van der Waals surface area contributed by atoms with Crippen LogP contribution in [0.3, 0.4) is 0 Å². The van der Waals surface area contributed by atoms with Crippen molar-refractivity contribution in [2.45, 2.75) is 58.7 Å². The van der Waals surface area contributed by atoms with Crippen LogP contribution in [-0.2, 0) is 4.74 Å². The van der Waals surface area contributed by atoms with Gasteiger partial charge in [-0.05, 0) is 59.1 Å². The summed E-state index contributed by atoms with van der Waals surface area (Å²) in [7, 11) is 0. The fourth-order valence-corrected chi connectivity index (χ4v) is 3.13. The minimum Gasteiger partial charge on any atom is -0.444 e. The average molecular weight is 318 g/mol. The van der Waals surface area contributed by atoms with E-state index >= 15 is 0 Å². The van der Waals surface area contributed by atoms with Gasteiger partial charge in [0, 0.05) is 18.6 Å². The topological polar surface area (TPSA) is 41.6 Å². The summed E-state index contributed by atoms with van der Waals surface area (Å²) in [6, 6.07) is 11.1. The molecule has 1 amide bonds. The quantitative estimate of drug-likeness (QED) is 0.913. The van der Waals surface area contributed by atoms with Gasteiger partial charge in [0.15, 0.2) is 0 Å². The van der Waals surface area contributed by atoms with Gasteiger partial charge in [-0.15, -0.1) is 0 Å². The molecule has 1 aromatic rings. The van der Waals surface area contributed by atoms with Crippen LogP contribution in [0.1, 0.15) is 52.6 Å². The second kappa shape index (κ2) is 7.35. The molecular formula is C19H30N2O2. The number of nitrogens with one attached hydrogen (secondary N) is 1. The zero-order valence-corrected chi connectivity index (χ0v) is 15.0. The number of hydrogen-bond donors (Lipinski definition) is 1. The Morgan fingerprint density at radius 3 is 2.52 bits per heavy atom. The first kappa shape index (κ1) is 17.8. The van der Waals surface area contributed by atoms with Gasteiger partial charge < -0.3 is 10.1 Å². The van der Waals surface area contributed by atoms with Gasteiger partial charge in [0.2, 0.25) is 0 Å². The normalized spacial score (nSPS) is 21.7. The van der Waals surface area contributed by atoms with E-state index in [9.17, 15) is 4.79 Å². The molecule has 1 N–H and O–H groups in total. The Labute approximate surface area is 140 Å². The Hall–Kier alpha value is -1.55. The molecule has 4 heteroatoms. The second-order valence-electron chi connectivity index (χ2n) is 7.57. The first-order valence-electron chi connectivity index (χ1n) is 8.55.